The number of benzene rings is 4. The summed E-state index contributed by atoms with van der Waals surface area (Å²) in [5, 5.41) is 0. The third-order valence-corrected chi connectivity index (χ3v) is 12.9. The summed E-state index contributed by atoms with van der Waals surface area (Å²) in [6, 6.07) is 18.8. The lowest BCUT2D eigenvalue weighted by Crippen LogP contribution is -2.55. The van der Waals surface area contributed by atoms with Gasteiger partial charge < -0.3 is 28.9 Å². The number of hydrogen-bond donors (Lipinski definition) is 0. The lowest BCUT2D eigenvalue weighted by atomic mass is 9.69. The van der Waals surface area contributed by atoms with E-state index in [-0.39, 0.29) is 41.7 Å². The van der Waals surface area contributed by atoms with Crippen LogP contribution < -0.4 is 19.3 Å². The molecule has 1 fully saturated rings. The van der Waals surface area contributed by atoms with Crippen LogP contribution in [0.4, 0.5) is 33.7 Å². The summed E-state index contributed by atoms with van der Waals surface area (Å²) in [7, 11) is -0.673. The zero-order valence-corrected chi connectivity index (χ0v) is 37.3. The van der Waals surface area contributed by atoms with Gasteiger partial charge in [0.25, 0.3) is 0 Å². The van der Waals surface area contributed by atoms with E-state index in [4.69, 9.17) is 14.2 Å². The molecule has 1 saturated heterocycles. The van der Waals surface area contributed by atoms with Gasteiger partial charge in [-0.15, -0.1) is 0 Å². The molecule has 330 valence electrons. The number of carbonyl (C=O) groups excluding carboxylic acids is 1. The number of anilines is 2. The molecule has 1 aliphatic heterocycles. The summed E-state index contributed by atoms with van der Waals surface area (Å²) < 4.78 is 107. The maximum absolute atomic E-state index is 17.8. The van der Waals surface area contributed by atoms with Gasteiger partial charge in [0.15, 0.2) is 15.7 Å². The Morgan fingerprint density at radius 3 is 1.93 bits per heavy atom. The van der Waals surface area contributed by atoms with Gasteiger partial charge in [0, 0.05) is 56.3 Å². The van der Waals surface area contributed by atoms with Crippen LogP contribution in [0.1, 0.15) is 85.9 Å². The Morgan fingerprint density at radius 2 is 1.46 bits per heavy atom. The van der Waals surface area contributed by atoms with Crippen molar-refractivity contribution in [1.29, 1.82) is 0 Å². The number of piperazine rings is 1. The van der Waals surface area contributed by atoms with Crippen molar-refractivity contribution < 1.29 is 45.0 Å². The fourth-order valence-corrected chi connectivity index (χ4v) is 9.52. The lowest BCUT2D eigenvalue weighted by molar-refractivity contribution is -0.139. The van der Waals surface area contributed by atoms with Crippen molar-refractivity contribution >= 4 is 27.3 Å². The fraction of sp³-hybridized carbons (Fsp3) is 0.468. The van der Waals surface area contributed by atoms with Gasteiger partial charge in [-0.1, -0.05) is 37.6 Å². The van der Waals surface area contributed by atoms with Crippen LogP contribution in [0.5, 0.6) is 11.5 Å². The second-order valence-electron chi connectivity index (χ2n) is 17.4. The van der Waals surface area contributed by atoms with Crippen LogP contribution in [0.3, 0.4) is 0 Å². The maximum atomic E-state index is 17.8. The van der Waals surface area contributed by atoms with Crippen LogP contribution in [0.15, 0.2) is 71.6 Å². The molecule has 14 heteroatoms. The van der Waals surface area contributed by atoms with Crippen LogP contribution in [-0.2, 0) is 46.7 Å². The number of ether oxygens (including phenoxy) is 3. The number of alkyl halides is 3. The number of hydrogen-bond acceptors (Lipinski definition) is 8. The van der Waals surface area contributed by atoms with E-state index in [1.807, 2.05) is 38.1 Å². The number of sulfone groups is 1. The van der Waals surface area contributed by atoms with Crippen molar-refractivity contribution in [3.8, 4) is 11.5 Å². The van der Waals surface area contributed by atoms with E-state index in [0.717, 1.165) is 22.9 Å². The first-order valence-electron chi connectivity index (χ1n) is 20.6. The molecule has 0 aromatic heterocycles. The van der Waals surface area contributed by atoms with Crippen molar-refractivity contribution in [2.45, 2.75) is 103 Å². The Balaban J connectivity index is 1.47. The van der Waals surface area contributed by atoms with Crippen molar-refractivity contribution in [2.75, 3.05) is 49.9 Å². The Hall–Kier alpha value is -4.98. The molecule has 0 N–H and O–H groups in total. The molecule has 3 atom stereocenters. The largest absolute Gasteiger partial charge is 0.497 e. The normalized spacial score (nSPS) is 18.4. The van der Waals surface area contributed by atoms with E-state index in [9.17, 15) is 13.2 Å². The number of amides is 1. The molecule has 0 radical (unpaired) electrons. The van der Waals surface area contributed by atoms with Gasteiger partial charge in [0.1, 0.15) is 17.1 Å². The van der Waals surface area contributed by atoms with Crippen molar-refractivity contribution in [3.63, 3.8) is 0 Å². The Kier molecular flexibility index (Phi) is 13.3. The number of rotatable bonds is 11. The molecule has 2 unspecified atom stereocenters. The minimum atomic E-state index is -4.88. The second kappa shape index (κ2) is 17.8. The topological polar surface area (TPSA) is 88.6 Å². The van der Waals surface area contributed by atoms with Crippen LogP contribution in [-0.4, -0.2) is 71.2 Å². The lowest BCUT2D eigenvalue weighted by Gasteiger charge is -2.44. The monoisotopic (exact) mass is 867 g/mol. The molecular formula is C47H57F4N3O6S. The number of methoxy groups -OCH3 is 2. The molecule has 9 nitrogen and oxygen atoms in total. The van der Waals surface area contributed by atoms with E-state index in [0.29, 0.717) is 55.2 Å². The first-order chi connectivity index (χ1) is 28.6. The standard InChI is InChI=1S/C47H57F4N3O6S/c1-10-33-23-38-34(22-37(61(9,56)57)25-40(38)54-20-19-52(26-30(54)3)45(55)60-46(4,5)6)24-39(33)42-43(47(49,50)51)29(2)21-41(44(42)48)53(27-31-11-15-35(58-7)16-12-31)28-32-13-17-36(59-8)18-14-32/h11-18,21-22,25,30,33,39H,10,19-20,23-24,26-28H2,1-9H3/t30-,33?,39?/m0/s1. The summed E-state index contributed by atoms with van der Waals surface area (Å²) in [5.41, 5.74) is 1.51. The number of carbonyl (C=O) groups is 1. The van der Waals surface area contributed by atoms with Crippen molar-refractivity contribution in [1.82, 2.24) is 4.90 Å². The second-order valence-corrected chi connectivity index (χ2v) is 19.4. The zero-order valence-electron chi connectivity index (χ0n) is 36.5. The maximum Gasteiger partial charge on any atom is 0.417 e. The number of nitrogens with zero attached hydrogens (tertiary/aromatic N) is 3. The molecular weight excluding hydrogens is 811 g/mol. The van der Waals surface area contributed by atoms with Crippen molar-refractivity contribution in [2.24, 2.45) is 5.92 Å². The Bertz CT molecular complexity index is 2280. The van der Waals surface area contributed by atoms with E-state index in [2.05, 4.69) is 4.90 Å². The van der Waals surface area contributed by atoms with Gasteiger partial charge >= 0.3 is 12.3 Å². The highest BCUT2D eigenvalue weighted by Crippen LogP contribution is 2.50. The summed E-state index contributed by atoms with van der Waals surface area (Å²) in [5.74, 6) is -1.03. The number of halogens is 4. The smallest absolute Gasteiger partial charge is 0.417 e. The van der Waals surface area contributed by atoms with E-state index in [1.54, 1.807) is 81.2 Å². The minimum absolute atomic E-state index is 0.00366. The Labute approximate surface area is 357 Å². The van der Waals surface area contributed by atoms with Gasteiger partial charge in [0.05, 0.1) is 30.4 Å². The molecule has 4 aromatic rings. The highest BCUT2D eigenvalue weighted by atomic mass is 32.2. The molecule has 1 amide bonds. The number of fused-ring (bicyclic) bond motifs is 1. The molecule has 4 aromatic carbocycles. The van der Waals surface area contributed by atoms with Crippen LogP contribution in [0.2, 0.25) is 0 Å². The third kappa shape index (κ3) is 10.2. The fourth-order valence-electron chi connectivity index (χ4n) is 8.84. The van der Waals surface area contributed by atoms with Crippen LogP contribution in [0.25, 0.3) is 0 Å². The molecule has 61 heavy (non-hydrogen) atoms. The first-order valence-corrected chi connectivity index (χ1v) is 22.5. The molecule has 0 spiro atoms. The first kappa shape index (κ1) is 45.5. The highest BCUT2D eigenvalue weighted by molar-refractivity contribution is 7.90. The molecule has 0 saturated carbocycles. The summed E-state index contributed by atoms with van der Waals surface area (Å²) in [6.07, 6.45) is -3.47. The van der Waals surface area contributed by atoms with Gasteiger partial charge in [-0.25, -0.2) is 17.6 Å². The predicted octanol–water partition coefficient (Wildman–Crippen LogP) is 10.1. The van der Waals surface area contributed by atoms with Gasteiger partial charge in [0.2, 0.25) is 0 Å². The number of aryl methyl sites for hydroxylation is 1. The van der Waals surface area contributed by atoms with Gasteiger partial charge in [-0.05, 0) is 130 Å². The highest BCUT2D eigenvalue weighted by Gasteiger charge is 2.44. The van der Waals surface area contributed by atoms with E-state index >= 15 is 17.6 Å². The molecule has 6 rings (SSSR count). The van der Waals surface area contributed by atoms with Crippen molar-refractivity contribution in [3.05, 3.63) is 111 Å². The molecule has 1 heterocycles. The molecule has 1 aliphatic carbocycles. The SMILES string of the molecule is CCC1Cc2c(cc(S(C)(=O)=O)cc2N2CCN(C(=O)OC(C)(C)C)C[C@@H]2C)CC1c1c(F)c(N(Cc2ccc(OC)cc2)Cc2ccc(OC)cc2)cc(C)c1C(F)(F)F. The minimum Gasteiger partial charge on any atom is -0.497 e. The summed E-state index contributed by atoms with van der Waals surface area (Å²) in [6.45, 7) is 12.0. The Morgan fingerprint density at radius 1 is 0.885 bits per heavy atom. The molecule has 0 bridgehead atoms. The average Bonchev–Trinajstić information content (AvgIpc) is 3.19. The molecule has 2 aliphatic rings. The van der Waals surface area contributed by atoms with Gasteiger partial charge in [-0.2, -0.15) is 13.2 Å². The van der Waals surface area contributed by atoms with Crippen LogP contribution in [0, 0.1) is 18.7 Å². The van der Waals surface area contributed by atoms with Gasteiger partial charge in [-0.3, -0.25) is 0 Å². The van der Waals surface area contributed by atoms with Crippen LogP contribution >= 0.6 is 0 Å². The van der Waals surface area contributed by atoms with E-state index in [1.165, 1.54) is 13.0 Å². The predicted molar refractivity (Wildman–Crippen MR) is 230 cm³/mol. The quantitative estimate of drug-likeness (QED) is 0.138. The summed E-state index contributed by atoms with van der Waals surface area (Å²) >= 11 is 0. The summed E-state index contributed by atoms with van der Waals surface area (Å²) in [4.78, 5) is 18.5. The average molecular weight is 868 g/mol. The zero-order chi connectivity index (χ0) is 44.6. The van der Waals surface area contributed by atoms with E-state index < -0.39 is 56.5 Å². The third-order valence-electron chi connectivity index (χ3n) is 11.8.